The number of amides is 1. The smallest absolute Gasteiger partial charge is 0.247 e. The van der Waals surface area contributed by atoms with Gasteiger partial charge in [-0.3, -0.25) is 20.3 Å². The molecule has 5 N–H and O–H groups in total. The molecule has 0 aliphatic carbocycles. The third-order valence-corrected chi connectivity index (χ3v) is 7.70. The average Bonchev–Trinajstić information content (AvgIpc) is 2.83. The Hall–Kier alpha value is -2.79. The van der Waals surface area contributed by atoms with Gasteiger partial charge in [-0.2, -0.15) is 0 Å². The van der Waals surface area contributed by atoms with Gasteiger partial charge in [-0.25, -0.2) is 0 Å². The van der Waals surface area contributed by atoms with E-state index in [1.165, 1.54) is 6.08 Å². The van der Waals surface area contributed by atoms with Gasteiger partial charge in [-0.05, 0) is 70.3 Å². The minimum absolute atomic E-state index is 0.253. The van der Waals surface area contributed by atoms with Crippen LogP contribution in [0, 0.1) is 18.8 Å². The van der Waals surface area contributed by atoms with Crippen LogP contribution in [0.5, 0.6) is 0 Å². The van der Waals surface area contributed by atoms with Crippen molar-refractivity contribution < 1.29 is 9.36 Å². The first-order valence-electron chi connectivity index (χ1n) is 12.0. The van der Waals surface area contributed by atoms with E-state index < -0.39 is 7.14 Å². The second kappa shape index (κ2) is 12.6. The topological polar surface area (TPSA) is 97.5 Å². The summed E-state index contributed by atoms with van der Waals surface area (Å²) in [6.45, 7) is 10.2. The zero-order chi connectivity index (χ0) is 27.2. The van der Waals surface area contributed by atoms with E-state index in [9.17, 15) is 9.36 Å². The van der Waals surface area contributed by atoms with Crippen molar-refractivity contribution in [2.45, 2.75) is 24.8 Å². The number of nitrogens with zero attached hydrogens (tertiary/aromatic N) is 1. The molecule has 10 heteroatoms. The molecule has 1 saturated heterocycles. The SMILES string of the molecule is C=CC(=O)Nc1cc(NC2NCC(Cl)C(Nc3ccccc3P(C)(C)=O)N2)c(C)cc1C#CCN(C)C. The highest BCUT2D eigenvalue weighted by atomic mass is 35.5. The third-order valence-electron chi connectivity index (χ3n) is 5.75. The number of benzene rings is 2. The van der Waals surface area contributed by atoms with E-state index >= 15 is 0 Å². The van der Waals surface area contributed by atoms with Crippen molar-refractivity contribution in [2.75, 3.05) is 56.5 Å². The van der Waals surface area contributed by atoms with Crippen LogP contribution in [0.25, 0.3) is 0 Å². The number of nitrogens with one attached hydrogen (secondary N) is 5. The van der Waals surface area contributed by atoms with Gasteiger partial charge in [0.05, 0.1) is 23.8 Å². The van der Waals surface area contributed by atoms with Crippen LogP contribution >= 0.6 is 18.7 Å². The van der Waals surface area contributed by atoms with Crippen molar-refractivity contribution in [1.29, 1.82) is 0 Å². The molecule has 1 aliphatic heterocycles. The number of carbonyl (C=O) groups excluding carboxylic acids is 1. The highest BCUT2D eigenvalue weighted by Crippen LogP contribution is 2.37. The molecule has 0 saturated carbocycles. The summed E-state index contributed by atoms with van der Waals surface area (Å²) < 4.78 is 12.8. The Morgan fingerprint density at radius 1 is 1.22 bits per heavy atom. The van der Waals surface area contributed by atoms with E-state index in [-0.39, 0.29) is 23.7 Å². The molecular formula is C27H36ClN6O2P. The molecule has 37 heavy (non-hydrogen) atoms. The van der Waals surface area contributed by atoms with Crippen LogP contribution in [-0.4, -0.2) is 69.2 Å². The summed E-state index contributed by atoms with van der Waals surface area (Å²) in [4.78, 5) is 14.1. The lowest BCUT2D eigenvalue weighted by Gasteiger charge is -2.37. The summed E-state index contributed by atoms with van der Waals surface area (Å²) in [7, 11) is 1.42. The molecule has 0 spiro atoms. The van der Waals surface area contributed by atoms with Crippen molar-refractivity contribution in [3.8, 4) is 11.8 Å². The summed E-state index contributed by atoms with van der Waals surface area (Å²) >= 11 is 6.63. The maximum absolute atomic E-state index is 12.8. The highest BCUT2D eigenvalue weighted by Gasteiger charge is 2.29. The predicted octanol–water partition coefficient (Wildman–Crippen LogP) is 3.21. The number of carbonyl (C=O) groups is 1. The van der Waals surface area contributed by atoms with Gasteiger partial charge in [0.2, 0.25) is 5.91 Å². The Balaban J connectivity index is 1.82. The van der Waals surface area contributed by atoms with Gasteiger partial charge < -0.3 is 20.5 Å². The number of para-hydroxylation sites is 1. The number of halogens is 1. The van der Waals surface area contributed by atoms with Gasteiger partial charge in [0.15, 0.2) is 0 Å². The minimum Gasteiger partial charge on any atom is -0.368 e. The zero-order valence-electron chi connectivity index (χ0n) is 22.0. The first kappa shape index (κ1) is 28.8. The van der Waals surface area contributed by atoms with Gasteiger partial charge in [-0.15, -0.1) is 11.6 Å². The second-order valence-corrected chi connectivity index (χ2v) is 13.3. The van der Waals surface area contributed by atoms with Crippen molar-refractivity contribution in [1.82, 2.24) is 15.5 Å². The molecule has 1 fully saturated rings. The first-order chi connectivity index (χ1) is 17.5. The molecule has 3 atom stereocenters. The second-order valence-electron chi connectivity index (χ2n) is 9.60. The van der Waals surface area contributed by atoms with E-state index in [4.69, 9.17) is 11.6 Å². The molecule has 1 amide bonds. The number of alkyl halides is 1. The molecule has 0 bridgehead atoms. The molecule has 0 radical (unpaired) electrons. The summed E-state index contributed by atoms with van der Waals surface area (Å²) in [5.41, 5.74) is 3.91. The van der Waals surface area contributed by atoms with Crippen LogP contribution in [0.3, 0.4) is 0 Å². The zero-order valence-corrected chi connectivity index (χ0v) is 23.6. The molecular weight excluding hydrogens is 507 g/mol. The van der Waals surface area contributed by atoms with Gasteiger partial charge in [0.25, 0.3) is 0 Å². The molecule has 3 rings (SSSR count). The average molecular weight is 543 g/mol. The molecule has 2 aromatic carbocycles. The Bertz CT molecular complexity index is 1250. The number of aryl methyl sites for hydroxylation is 1. The Morgan fingerprint density at radius 2 is 1.95 bits per heavy atom. The quantitative estimate of drug-likeness (QED) is 0.151. The van der Waals surface area contributed by atoms with Crippen LogP contribution in [0.2, 0.25) is 0 Å². The van der Waals surface area contributed by atoms with Gasteiger partial charge in [0, 0.05) is 28.8 Å². The summed E-state index contributed by atoms with van der Waals surface area (Å²) in [6, 6.07) is 11.4. The molecule has 0 aromatic heterocycles. The lowest BCUT2D eigenvalue weighted by Crippen LogP contribution is -2.64. The molecule has 1 heterocycles. The Kier molecular flexibility index (Phi) is 9.83. The number of rotatable bonds is 8. The molecule has 1 aliphatic rings. The maximum atomic E-state index is 12.8. The fraction of sp³-hybridized carbons (Fsp3) is 0.370. The van der Waals surface area contributed by atoms with Gasteiger partial charge in [0.1, 0.15) is 13.4 Å². The fourth-order valence-electron chi connectivity index (χ4n) is 3.85. The van der Waals surface area contributed by atoms with Crippen LogP contribution < -0.4 is 31.9 Å². The summed E-state index contributed by atoms with van der Waals surface area (Å²) in [5.74, 6) is 5.96. The van der Waals surface area contributed by atoms with Gasteiger partial charge >= 0.3 is 0 Å². The minimum atomic E-state index is -2.48. The Labute approximate surface area is 225 Å². The van der Waals surface area contributed by atoms with Crippen LogP contribution in [-0.2, 0) is 9.36 Å². The molecule has 8 nitrogen and oxygen atoms in total. The lowest BCUT2D eigenvalue weighted by atomic mass is 10.1. The van der Waals surface area contributed by atoms with Gasteiger partial charge in [-0.1, -0.05) is 30.6 Å². The highest BCUT2D eigenvalue weighted by molar-refractivity contribution is 7.70. The third kappa shape index (κ3) is 8.10. The van der Waals surface area contributed by atoms with Crippen LogP contribution in [0.4, 0.5) is 17.1 Å². The largest absolute Gasteiger partial charge is 0.368 e. The predicted molar refractivity (Wildman–Crippen MR) is 157 cm³/mol. The molecule has 3 unspecified atom stereocenters. The number of hydrogen-bond acceptors (Lipinski definition) is 7. The summed E-state index contributed by atoms with van der Waals surface area (Å²) in [6.07, 6.45) is 0.626. The van der Waals surface area contributed by atoms with E-state index in [1.807, 2.05) is 62.3 Å². The van der Waals surface area contributed by atoms with E-state index in [0.29, 0.717) is 18.8 Å². The van der Waals surface area contributed by atoms with Crippen molar-refractivity contribution in [3.63, 3.8) is 0 Å². The first-order valence-corrected chi connectivity index (χ1v) is 15.0. The molecule has 198 valence electrons. The number of anilines is 3. The van der Waals surface area contributed by atoms with E-state index in [0.717, 1.165) is 27.8 Å². The fourth-order valence-corrected chi connectivity index (χ4v) is 5.24. The Morgan fingerprint density at radius 3 is 2.62 bits per heavy atom. The lowest BCUT2D eigenvalue weighted by molar-refractivity contribution is -0.111. The van der Waals surface area contributed by atoms with Crippen LogP contribution in [0.1, 0.15) is 11.1 Å². The standard InChI is InChI=1S/C27H36ClN6O2P/c1-7-25(35)30-23-16-22(18(2)15-19(23)11-10-14-34(3)4)32-27-29-17-20(28)26(33-27)31-21-12-8-9-13-24(21)37(5,6)36/h7-9,12-13,15-16,20,26-27,29,31-33H,1,14,17H2,2-6H3,(H,30,35). The number of hydrogen-bond donors (Lipinski definition) is 5. The van der Waals surface area contributed by atoms with Crippen LogP contribution in [0.15, 0.2) is 49.1 Å². The van der Waals surface area contributed by atoms with E-state index in [1.54, 1.807) is 13.3 Å². The van der Waals surface area contributed by atoms with E-state index in [2.05, 4.69) is 45.0 Å². The van der Waals surface area contributed by atoms with Crippen molar-refractivity contribution in [3.05, 3.63) is 60.2 Å². The summed E-state index contributed by atoms with van der Waals surface area (Å²) in [5, 5.41) is 17.1. The normalized spacial score (nSPS) is 19.5. The monoisotopic (exact) mass is 542 g/mol. The maximum Gasteiger partial charge on any atom is 0.247 e. The molecule has 2 aromatic rings. The van der Waals surface area contributed by atoms with Crippen molar-refractivity contribution in [2.24, 2.45) is 0 Å². The van der Waals surface area contributed by atoms with Crippen molar-refractivity contribution >= 4 is 47.0 Å².